The molecule has 0 aromatic carbocycles. The van der Waals surface area contributed by atoms with Gasteiger partial charge in [-0.05, 0) is 69.9 Å². The smallest absolute Gasteiger partial charge is 0.0869 e. The van der Waals surface area contributed by atoms with E-state index in [1.807, 2.05) is 37.4 Å². The maximum absolute atomic E-state index is 6.36. The summed E-state index contributed by atoms with van der Waals surface area (Å²) >= 11 is 0. The molecule has 1 aliphatic heterocycles. The van der Waals surface area contributed by atoms with Gasteiger partial charge in [0.15, 0.2) is 0 Å². The van der Waals surface area contributed by atoms with Gasteiger partial charge in [0.1, 0.15) is 0 Å². The first-order valence-corrected chi connectivity index (χ1v) is 9.50. The molecule has 0 amide bonds. The Morgan fingerprint density at radius 1 is 1.27 bits per heavy atom. The number of hydrogen-bond acceptors (Lipinski definition) is 3. The zero-order valence-electron chi connectivity index (χ0n) is 16.1. The molecule has 2 aromatic heterocycles. The highest BCUT2D eigenvalue weighted by atomic mass is 15.3. The quantitative estimate of drug-likeness (QED) is 0.799. The molecule has 0 aliphatic carbocycles. The molecule has 3 rings (SSSR count). The van der Waals surface area contributed by atoms with Crippen molar-refractivity contribution in [2.24, 2.45) is 5.73 Å². The van der Waals surface area contributed by atoms with Gasteiger partial charge in [0.2, 0.25) is 0 Å². The van der Waals surface area contributed by atoms with Gasteiger partial charge < -0.3 is 10.3 Å². The van der Waals surface area contributed by atoms with Crippen molar-refractivity contribution in [2.75, 3.05) is 6.54 Å². The Morgan fingerprint density at radius 3 is 2.81 bits per heavy atom. The first-order chi connectivity index (χ1) is 12.6. The zero-order chi connectivity index (χ0) is 18.5. The fourth-order valence-electron chi connectivity index (χ4n) is 3.98. The van der Waals surface area contributed by atoms with Crippen LogP contribution in [0.5, 0.6) is 0 Å². The highest BCUT2D eigenvalue weighted by Crippen LogP contribution is 2.40. The first-order valence-electron chi connectivity index (χ1n) is 9.50. The van der Waals surface area contributed by atoms with Crippen LogP contribution >= 0.6 is 0 Å². The summed E-state index contributed by atoms with van der Waals surface area (Å²) in [5.41, 5.74) is 11.0. The van der Waals surface area contributed by atoms with E-state index in [4.69, 9.17) is 10.7 Å². The summed E-state index contributed by atoms with van der Waals surface area (Å²) in [7, 11) is 0. The molecule has 2 atom stereocenters. The fraction of sp³-hybridized carbons (Fsp3) is 0.409. The lowest BCUT2D eigenvalue weighted by Gasteiger charge is -2.43. The van der Waals surface area contributed by atoms with E-state index >= 15 is 0 Å². The number of hydrogen-bond donors (Lipinski definition) is 1. The Balaban J connectivity index is 1.99. The van der Waals surface area contributed by atoms with Crippen LogP contribution in [-0.2, 0) is 0 Å². The van der Waals surface area contributed by atoms with Crippen LogP contribution in [0.1, 0.15) is 55.3 Å². The molecule has 2 N–H and O–H groups in total. The van der Waals surface area contributed by atoms with Gasteiger partial charge in [0.25, 0.3) is 0 Å². The number of likely N-dealkylation sites (tertiary alicyclic amines) is 1. The van der Waals surface area contributed by atoms with Crippen LogP contribution in [0.15, 0.2) is 60.6 Å². The lowest BCUT2D eigenvalue weighted by Crippen LogP contribution is -2.42. The molecular formula is C22H30N4. The van der Waals surface area contributed by atoms with Gasteiger partial charge in [-0.1, -0.05) is 18.2 Å². The van der Waals surface area contributed by atoms with Crippen molar-refractivity contribution in [1.82, 2.24) is 14.5 Å². The predicted molar refractivity (Wildman–Crippen MR) is 108 cm³/mol. The molecule has 2 aromatic rings. The van der Waals surface area contributed by atoms with E-state index in [0.717, 1.165) is 25.1 Å². The maximum atomic E-state index is 6.36. The van der Waals surface area contributed by atoms with Crippen molar-refractivity contribution in [1.29, 1.82) is 0 Å². The number of allylic oxidation sites excluding steroid dienone is 3. The van der Waals surface area contributed by atoms with Crippen LogP contribution in [-0.4, -0.2) is 21.0 Å². The van der Waals surface area contributed by atoms with Crippen LogP contribution in [0.2, 0.25) is 0 Å². The molecule has 1 aliphatic rings. The van der Waals surface area contributed by atoms with Gasteiger partial charge in [-0.2, -0.15) is 0 Å². The Hall–Kier alpha value is -2.33. The second-order valence-corrected chi connectivity index (χ2v) is 7.13. The van der Waals surface area contributed by atoms with Crippen LogP contribution in [0.4, 0.5) is 0 Å². The molecule has 3 heterocycles. The minimum absolute atomic E-state index is 0.286. The molecule has 4 heteroatoms. The highest BCUT2D eigenvalue weighted by molar-refractivity contribution is 5.23. The summed E-state index contributed by atoms with van der Waals surface area (Å²) in [6.45, 7) is 7.08. The van der Waals surface area contributed by atoms with Crippen LogP contribution in [0.3, 0.4) is 0 Å². The predicted octanol–water partition coefficient (Wildman–Crippen LogP) is 4.64. The molecule has 0 saturated carbocycles. The Bertz CT molecular complexity index is 787. The summed E-state index contributed by atoms with van der Waals surface area (Å²) in [6, 6.07) is 8.76. The van der Waals surface area contributed by atoms with Crippen molar-refractivity contribution in [2.45, 2.75) is 52.2 Å². The molecule has 0 spiro atoms. The van der Waals surface area contributed by atoms with Crippen molar-refractivity contribution >= 4 is 0 Å². The van der Waals surface area contributed by atoms with E-state index in [1.165, 1.54) is 23.4 Å². The number of aromatic nitrogens is 2. The summed E-state index contributed by atoms with van der Waals surface area (Å²) in [6.07, 6.45) is 13.9. The molecule has 1 fully saturated rings. The van der Waals surface area contributed by atoms with E-state index in [2.05, 4.69) is 47.7 Å². The lowest BCUT2D eigenvalue weighted by molar-refractivity contribution is 0.0448. The molecule has 4 nitrogen and oxygen atoms in total. The highest BCUT2D eigenvalue weighted by Gasteiger charge is 2.34. The van der Waals surface area contributed by atoms with Crippen LogP contribution in [0, 0.1) is 13.8 Å². The average molecular weight is 351 g/mol. The zero-order valence-corrected chi connectivity index (χ0v) is 16.1. The molecule has 0 radical (unpaired) electrons. The molecule has 138 valence electrons. The van der Waals surface area contributed by atoms with Crippen LogP contribution in [0.25, 0.3) is 0 Å². The topological polar surface area (TPSA) is 47.1 Å². The number of aryl methyl sites for hydroxylation is 2. The van der Waals surface area contributed by atoms with Gasteiger partial charge in [0.05, 0.1) is 17.9 Å². The molecule has 0 bridgehead atoms. The first kappa shape index (κ1) is 18.5. The molecule has 1 saturated heterocycles. The number of piperidine rings is 1. The van der Waals surface area contributed by atoms with E-state index in [-0.39, 0.29) is 6.04 Å². The van der Waals surface area contributed by atoms with E-state index in [1.54, 1.807) is 0 Å². The van der Waals surface area contributed by atoms with Gasteiger partial charge in [-0.15, -0.1) is 0 Å². The second-order valence-electron chi connectivity index (χ2n) is 7.13. The Labute approximate surface area is 157 Å². The number of nitrogens with zero attached hydrogens (tertiary/aromatic N) is 3. The normalized spacial score (nSPS) is 22.2. The summed E-state index contributed by atoms with van der Waals surface area (Å²) in [5.74, 6) is 0. The monoisotopic (exact) mass is 350 g/mol. The van der Waals surface area contributed by atoms with Crippen LogP contribution < -0.4 is 5.73 Å². The maximum Gasteiger partial charge on any atom is 0.0869 e. The Morgan fingerprint density at radius 2 is 2.12 bits per heavy atom. The minimum atomic E-state index is 0.286. The van der Waals surface area contributed by atoms with Gasteiger partial charge in [0, 0.05) is 30.3 Å². The number of nitrogens with two attached hydrogens (primary N) is 1. The second kappa shape index (κ2) is 8.37. The van der Waals surface area contributed by atoms with Gasteiger partial charge in [-0.3, -0.25) is 9.88 Å². The van der Waals surface area contributed by atoms with Crippen molar-refractivity contribution < 1.29 is 0 Å². The van der Waals surface area contributed by atoms with E-state index < -0.39 is 0 Å². The molecule has 26 heavy (non-hydrogen) atoms. The fourth-order valence-corrected chi connectivity index (χ4v) is 3.98. The SMILES string of the molecule is C/C=C\C=C(/N)CN1C(c2ncccc2C)CCCC1n1cccc1C. The minimum Gasteiger partial charge on any atom is -0.401 e. The Kier molecular flexibility index (Phi) is 5.94. The molecule has 2 unspecified atom stereocenters. The van der Waals surface area contributed by atoms with Gasteiger partial charge in [-0.25, -0.2) is 0 Å². The third kappa shape index (κ3) is 3.91. The van der Waals surface area contributed by atoms with Crippen molar-refractivity contribution in [3.05, 3.63) is 77.5 Å². The van der Waals surface area contributed by atoms with Crippen molar-refractivity contribution in [3.63, 3.8) is 0 Å². The standard InChI is InChI=1S/C22H30N4/c1-4-5-11-19(23)16-26-20(22-17(2)9-7-14-24-22)12-6-13-21(26)25-15-8-10-18(25)3/h4-5,7-11,14-15,20-21H,6,12-13,16,23H2,1-3H3/b5-4-,19-11-. The number of pyridine rings is 1. The summed E-state index contributed by atoms with van der Waals surface area (Å²) in [4.78, 5) is 7.26. The third-order valence-corrected chi connectivity index (χ3v) is 5.27. The third-order valence-electron chi connectivity index (χ3n) is 5.27. The van der Waals surface area contributed by atoms with E-state index in [9.17, 15) is 0 Å². The lowest BCUT2D eigenvalue weighted by atomic mass is 9.94. The van der Waals surface area contributed by atoms with Gasteiger partial charge >= 0.3 is 0 Å². The van der Waals surface area contributed by atoms with Crippen molar-refractivity contribution in [3.8, 4) is 0 Å². The number of rotatable bonds is 5. The largest absolute Gasteiger partial charge is 0.401 e. The molecular weight excluding hydrogens is 320 g/mol. The summed E-state index contributed by atoms with van der Waals surface area (Å²) in [5, 5.41) is 0. The summed E-state index contributed by atoms with van der Waals surface area (Å²) < 4.78 is 2.38. The average Bonchev–Trinajstić information content (AvgIpc) is 3.06. The van der Waals surface area contributed by atoms with E-state index in [0.29, 0.717) is 6.17 Å².